The average molecular weight is 367 g/mol. The molecule has 7 heteroatoms. The first-order valence-electron chi connectivity index (χ1n) is 9.61. The minimum absolute atomic E-state index is 0.0359. The first kappa shape index (κ1) is 17.9. The zero-order chi connectivity index (χ0) is 19.0. The van der Waals surface area contributed by atoms with Gasteiger partial charge in [0.2, 0.25) is 0 Å². The molecule has 4 rings (SSSR count). The lowest BCUT2D eigenvalue weighted by molar-refractivity contribution is 0.0729. The number of H-pyrrole nitrogens is 1. The summed E-state index contributed by atoms with van der Waals surface area (Å²) in [4.78, 5) is 41.5. The van der Waals surface area contributed by atoms with E-state index in [1.165, 1.54) is 0 Å². The molecule has 2 aliphatic rings. The van der Waals surface area contributed by atoms with Crippen LogP contribution in [0.3, 0.4) is 0 Å². The molecule has 4 heterocycles. The summed E-state index contributed by atoms with van der Waals surface area (Å²) in [6, 6.07) is 3.68. The minimum atomic E-state index is -0.174. The van der Waals surface area contributed by atoms with Crippen molar-refractivity contribution >= 4 is 5.91 Å². The van der Waals surface area contributed by atoms with Crippen molar-refractivity contribution in [3.05, 3.63) is 57.5 Å². The number of aromatic nitrogens is 3. The van der Waals surface area contributed by atoms with Crippen LogP contribution >= 0.6 is 0 Å². The van der Waals surface area contributed by atoms with Crippen molar-refractivity contribution in [3.8, 4) is 0 Å². The van der Waals surface area contributed by atoms with Crippen LogP contribution in [0.4, 0.5) is 0 Å². The Kier molecular flexibility index (Phi) is 4.78. The SMILES string of the molecule is CC(C)N1CCc2nc([C@H]3CCCN3C(=O)c3ccncc3)[nH]c(=O)c2C1. The topological polar surface area (TPSA) is 82.2 Å². The van der Waals surface area contributed by atoms with Crippen molar-refractivity contribution in [3.63, 3.8) is 0 Å². The molecule has 1 N–H and O–H groups in total. The summed E-state index contributed by atoms with van der Waals surface area (Å²) in [5.41, 5.74) is 2.20. The van der Waals surface area contributed by atoms with Gasteiger partial charge in [0.25, 0.3) is 11.5 Å². The predicted octanol–water partition coefficient (Wildman–Crippen LogP) is 1.91. The molecule has 0 unspecified atom stereocenters. The number of nitrogens with one attached hydrogen (secondary N) is 1. The normalized spacial score (nSPS) is 20.1. The van der Waals surface area contributed by atoms with Crippen LogP contribution in [-0.4, -0.2) is 49.8 Å². The Labute approximate surface area is 158 Å². The second-order valence-corrected chi connectivity index (χ2v) is 7.58. The van der Waals surface area contributed by atoms with Gasteiger partial charge in [-0.1, -0.05) is 0 Å². The van der Waals surface area contributed by atoms with Gasteiger partial charge >= 0.3 is 0 Å². The van der Waals surface area contributed by atoms with Crippen LogP contribution in [0.1, 0.15) is 60.2 Å². The van der Waals surface area contributed by atoms with Crippen LogP contribution in [0.15, 0.2) is 29.3 Å². The number of aromatic amines is 1. The highest BCUT2D eigenvalue weighted by Crippen LogP contribution is 2.31. The molecule has 0 aromatic carbocycles. The van der Waals surface area contributed by atoms with E-state index in [9.17, 15) is 9.59 Å². The molecule has 7 nitrogen and oxygen atoms in total. The maximum atomic E-state index is 12.9. The Hall–Kier alpha value is -2.54. The summed E-state index contributed by atoms with van der Waals surface area (Å²) >= 11 is 0. The van der Waals surface area contributed by atoms with Crippen LogP contribution in [-0.2, 0) is 13.0 Å². The van der Waals surface area contributed by atoms with Crippen LogP contribution in [0.5, 0.6) is 0 Å². The number of carbonyl (C=O) groups excluding carboxylic acids is 1. The number of nitrogens with zero attached hydrogens (tertiary/aromatic N) is 4. The number of hydrogen-bond acceptors (Lipinski definition) is 5. The molecule has 0 bridgehead atoms. The quantitative estimate of drug-likeness (QED) is 0.896. The van der Waals surface area contributed by atoms with Crippen LogP contribution in [0.25, 0.3) is 0 Å². The highest BCUT2D eigenvalue weighted by Gasteiger charge is 2.33. The molecular weight excluding hydrogens is 342 g/mol. The largest absolute Gasteiger partial charge is 0.328 e. The molecule has 2 aliphatic heterocycles. The summed E-state index contributed by atoms with van der Waals surface area (Å²) < 4.78 is 0. The van der Waals surface area contributed by atoms with E-state index in [0.29, 0.717) is 30.5 Å². The molecule has 1 atom stereocenters. The molecule has 0 radical (unpaired) electrons. The Morgan fingerprint density at radius 3 is 2.78 bits per heavy atom. The highest BCUT2D eigenvalue weighted by atomic mass is 16.2. The number of carbonyl (C=O) groups is 1. The molecule has 1 fully saturated rings. The number of amides is 1. The summed E-state index contributed by atoms with van der Waals surface area (Å²) in [6.45, 7) is 6.50. The first-order valence-corrected chi connectivity index (χ1v) is 9.61. The minimum Gasteiger partial charge on any atom is -0.328 e. The monoisotopic (exact) mass is 367 g/mol. The number of rotatable bonds is 3. The third kappa shape index (κ3) is 3.39. The Morgan fingerprint density at radius 2 is 2.04 bits per heavy atom. The van der Waals surface area contributed by atoms with E-state index in [2.05, 4.69) is 28.7 Å². The Morgan fingerprint density at radius 1 is 1.26 bits per heavy atom. The lowest BCUT2D eigenvalue weighted by Gasteiger charge is -2.31. The number of fused-ring (bicyclic) bond motifs is 1. The number of likely N-dealkylation sites (tertiary alicyclic amines) is 1. The molecular formula is C20H25N5O2. The third-order valence-electron chi connectivity index (χ3n) is 5.60. The van der Waals surface area contributed by atoms with Gasteiger partial charge in [-0.15, -0.1) is 0 Å². The van der Waals surface area contributed by atoms with Gasteiger partial charge in [-0.25, -0.2) is 4.98 Å². The second kappa shape index (κ2) is 7.23. The van der Waals surface area contributed by atoms with E-state index in [4.69, 9.17) is 4.98 Å². The van der Waals surface area contributed by atoms with Crippen LogP contribution < -0.4 is 5.56 Å². The van der Waals surface area contributed by atoms with Gasteiger partial charge in [0.15, 0.2) is 0 Å². The van der Waals surface area contributed by atoms with E-state index >= 15 is 0 Å². The molecule has 2 aromatic heterocycles. The van der Waals surface area contributed by atoms with Crippen molar-refractivity contribution in [2.75, 3.05) is 13.1 Å². The van der Waals surface area contributed by atoms with E-state index < -0.39 is 0 Å². The molecule has 1 amide bonds. The van der Waals surface area contributed by atoms with Crippen LogP contribution in [0, 0.1) is 0 Å². The Balaban J connectivity index is 1.63. The fourth-order valence-corrected chi connectivity index (χ4v) is 4.02. The molecule has 27 heavy (non-hydrogen) atoms. The van der Waals surface area contributed by atoms with Gasteiger partial charge < -0.3 is 9.88 Å². The lowest BCUT2D eigenvalue weighted by atomic mass is 10.0. The maximum Gasteiger partial charge on any atom is 0.255 e. The molecule has 2 aromatic rings. The molecule has 1 saturated heterocycles. The summed E-state index contributed by atoms with van der Waals surface area (Å²) in [6.07, 6.45) is 5.74. The highest BCUT2D eigenvalue weighted by molar-refractivity contribution is 5.94. The van der Waals surface area contributed by atoms with E-state index in [0.717, 1.165) is 37.1 Å². The molecule has 142 valence electrons. The van der Waals surface area contributed by atoms with Crippen molar-refractivity contribution in [2.24, 2.45) is 0 Å². The fourth-order valence-electron chi connectivity index (χ4n) is 4.02. The first-order chi connectivity index (χ1) is 13.0. The zero-order valence-electron chi connectivity index (χ0n) is 15.8. The average Bonchev–Trinajstić information content (AvgIpc) is 3.17. The van der Waals surface area contributed by atoms with Crippen LogP contribution in [0.2, 0.25) is 0 Å². The van der Waals surface area contributed by atoms with E-state index in [1.807, 2.05) is 4.90 Å². The molecule has 0 aliphatic carbocycles. The summed E-state index contributed by atoms with van der Waals surface area (Å²) in [5.74, 6) is 0.586. The number of pyridine rings is 1. The van der Waals surface area contributed by atoms with E-state index in [-0.39, 0.29) is 17.5 Å². The zero-order valence-corrected chi connectivity index (χ0v) is 15.8. The summed E-state index contributed by atoms with van der Waals surface area (Å²) in [5, 5.41) is 0. The molecule has 0 saturated carbocycles. The van der Waals surface area contributed by atoms with Crippen molar-refractivity contribution in [1.29, 1.82) is 0 Å². The van der Waals surface area contributed by atoms with Gasteiger partial charge in [-0.2, -0.15) is 0 Å². The maximum absolute atomic E-state index is 12.9. The van der Waals surface area contributed by atoms with E-state index in [1.54, 1.807) is 24.5 Å². The lowest BCUT2D eigenvalue weighted by Crippen LogP contribution is -2.40. The molecule has 0 spiro atoms. The van der Waals surface area contributed by atoms with Gasteiger partial charge in [0.05, 0.1) is 17.3 Å². The van der Waals surface area contributed by atoms with Crippen molar-refractivity contribution < 1.29 is 4.79 Å². The van der Waals surface area contributed by atoms with Gasteiger partial charge in [0.1, 0.15) is 5.82 Å². The van der Waals surface area contributed by atoms with Crippen molar-refractivity contribution in [2.45, 2.75) is 51.7 Å². The standard InChI is InChI=1S/C20H25N5O2/c1-13(2)24-11-7-16-15(12-24)19(26)23-18(22-16)17-4-3-10-25(17)20(27)14-5-8-21-9-6-14/h5-6,8-9,13,17H,3-4,7,10-12H2,1-2H3,(H,22,23,26)/t17-/m1/s1. The predicted molar refractivity (Wildman–Crippen MR) is 101 cm³/mol. The van der Waals surface area contributed by atoms with Gasteiger partial charge in [-0.3, -0.25) is 19.5 Å². The Bertz CT molecular complexity index is 893. The van der Waals surface area contributed by atoms with Crippen molar-refractivity contribution in [1.82, 2.24) is 24.8 Å². The van der Waals surface area contributed by atoms with Gasteiger partial charge in [0, 0.05) is 50.1 Å². The summed E-state index contributed by atoms with van der Waals surface area (Å²) in [7, 11) is 0. The third-order valence-corrected chi connectivity index (χ3v) is 5.60. The fraction of sp³-hybridized carbons (Fsp3) is 0.500. The van der Waals surface area contributed by atoms with Gasteiger partial charge in [-0.05, 0) is 38.8 Å². The smallest absolute Gasteiger partial charge is 0.255 e. The number of hydrogen-bond donors (Lipinski definition) is 1. The second-order valence-electron chi connectivity index (χ2n) is 7.58.